The minimum Gasteiger partial charge on any atom is -0.507 e. The van der Waals surface area contributed by atoms with Crippen LogP contribution in [-0.2, 0) is 5.41 Å². The molecular weight excluding hydrogens is 540 g/mol. The molecule has 0 saturated carbocycles. The number of aromatic hydroxyl groups is 2. The highest BCUT2D eigenvalue weighted by Gasteiger charge is 2.37. The molecule has 6 aromatic carbocycles. The zero-order valence-corrected chi connectivity index (χ0v) is 24.9. The van der Waals surface area contributed by atoms with Gasteiger partial charge in [-0.15, -0.1) is 0 Å². The fourth-order valence-electron chi connectivity index (χ4n) is 6.11. The Balaban J connectivity index is 1.57. The molecule has 218 valence electrons. The molecule has 0 bridgehead atoms. The van der Waals surface area contributed by atoms with Crippen LogP contribution in [0.15, 0.2) is 152 Å². The summed E-state index contributed by atoms with van der Waals surface area (Å²) in [6.45, 7) is 2.21. The number of hydrogen-bond donors (Lipinski definition) is 2. The Morgan fingerprint density at radius 1 is 0.500 bits per heavy atom. The van der Waals surface area contributed by atoms with Gasteiger partial charge in [0, 0.05) is 16.5 Å². The summed E-state index contributed by atoms with van der Waals surface area (Å²) in [5.74, 6) is 2.03. The Morgan fingerprint density at radius 2 is 0.932 bits per heavy atom. The van der Waals surface area contributed by atoms with E-state index < -0.39 is 5.41 Å². The van der Waals surface area contributed by atoms with Crippen molar-refractivity contribution in [1.82, 2.24) is 0 Å². The van der Waals surface area contributed by atoms with Crippen LogP contribution in [0.25, 0.3) is 22.3 Å². The van der Waals surface area contributed by atoms with E-state index in [-0.39, 0.29) is 11.5 Å². The van der Waals surface area contributed by atoms with Gasteiger partial charge in [-0.05, 0) is 82.8 Å². The first-order valence-corrected chi connectivity index (χ1v) is 15.2. The molecule has 0 aliphatic rings. The van der Waals surface area contributed by atoms with Crippen LogP contribution >= 0.6 is 0 Å². The minimum atomic E-state index is -0.574. The molecule has 0 fully saturated rings. The second kappa shape index (κ2) is 12.9. The summed E-state index contributed by atoms with van der Waals surface area (Å²) >= 11 is 0. The molecule has 0 aliphatic heterocycles. The van der Waals surface area contributed by atoms with Crippen molar-refractivity contribution in [3.05, 3.63) is 168 Å². The van der Waals surface area contributed by atoms with E-state index in [1.807, 2.05) is 127 Å². The molecule has 0 radical (unpaired) electrons. The van der Waals surface area contributed by atoms with Gasteiger partial charge in [0.25, 0.3) is 0 Å². The van der Waals surface area contributed by atoms with Gasteiger partial charge in [0.2, 0.25) is 0 Å². The average molecular weight is 577 g/mol. The van der Waals surface area contributed by atoms with Gasteiger partial charge in [-0.25, -0.2) is 0 Å². The van der Waals surface area contributed by atoms with Crippen molar-refractivity contribution in [2.45, 2.75) is 31.6 Å². The number of hydrogen-bond acceptors (Lipinski definition) is 3. The summed E-state index contributed by atoms with van der Waals surface area (Å²) in [6.07, 6.45) is 2.83. The Morgan fingerprint density at radius 3 is 1.41 bits per heavy atom. The maximum absolute atomic E-state index is 11.0. The molecule has 0 amide bonds. The Bertz CT molecular complexity index is 1720. The molecule has 0 saturated heterocycles. The number of phenols is 2. The van der Waals surface area contributed by atoms with E-state index in [1.54, 1.807) is 0 Å². The van der Waals surface area contributed by atoms with E-state index in [9.17, 15) is 10.2 Å². The SMILES string of the molecule is CCCCC(c1ccc(Oc2ccccc2)cc1)(c1ccc(O)c(-c2ccccc2)c1)c1ccc(O)c(-c2ccccc2)c1. The summed E-state index contributed by atoms with van der Waals surface area (Å²) < 4.78 is 6.16. The van der Waals surface area contributed by atoms with Gasteiger partial charge in [0.15, 0.2) is 0 Å². The molecular formula is C41H36O3. The lowest BCUT2D eigenvalue weighted by atomic mass is 9.65. The van der Waals surface area contributed by atoms with Gasteiger partial charge in [0.1, 0.15) is 23.0 Å². The van der Waals surface area contributed by atoms with Crippen molar-refractivity contribution < 1.29 is 14.9 Å². The lowest BCUT2D eigenvalue weighted by Gasteiger charge is -2.37. The third-order valence-electron chi connectivity index (χ3n) is 8.38. The Labute approximate surface area is 259 Å². The number of ether oxygens (including phenoxy) is 1. The smallest absolute Gasteiger partial charge is 0.127 e. The highest BCUT2D eigenvalue weighted by atomic mass is 16.5. The zero-order chi connectivity index (χ0) is 30.4. The number of unbranched alkanes of at least 4 members (excludes halogenated alkanes) is 1. The highest BCUT2D eigenvalue weighted by molar-refractivity contribution is 5.74. The molecule has 3 heteroatoms. The largest absolute Gasteiger partial charge is 0.507 e. The van der Waals surface area contributed by atoms with Gasteiger partial charge in [-0.2, -0.15) is 0 Å². The van der Waals surface area contributed by atoms with Crippen molar-refractivity contribution in [3.63, 3.8) is 0 Å². The van der Waals surface area contributed by atoms with Crippen LogP contribution in [0.2, 0.25) is 0 Å². The molecule has 44 heavy (non-hydrogen) atoms. The molecule has 6 rings (SSSR count). The van der Waals surface area contributed by atoms with Gasteiger partial charge in [-0.3, -0.25) is 0 Å². The average Bonchev–Trinajstić information content (AvgIpc) is 3.08. The van der Waals surface area contributed by atoms with Crippen LogP contribution in [0.3, 0.4) is 0 Å². The van der Waals surface area contributed by atoms with Crippen LogP contribution in [0.1, 0.15) is 42.9 Å². The summed E-state index contributed by atoms with van der Waals surface area (Å²) in [7, 11) is 0. The summed E-state index contributed by atoms with van der Waals surface area (Å²) in [6, 6.07) is 50.1. The monoisotopic (exact) mass is 576 g/mol. The molecule has 0 heterocycles. The standard InChI is InChI=1S/C41H36O3/c1-2-3-27-41(32-19-23-36(24-20-32)44-35-17-11-6-12-18-35,33-21-25-39(42)37(28-33)30-13-7-4-8-14-30)34-22-26-40(43)38(29-34)31-15-9-5-10-16-31/h4-26,28-29,42-43H,2-3,27H2,1H3. The molecule has 0 spiro atoms. The van der Waals surface area contributed by atoms with E-state index in [1.165, 1.54) is 0 Å². The highest BCUT2D eigenvalue weighted by Crippen LogP contribution is 2.48. The quantitative estimate of drug-likeness (QED) is 0.160. The number of rotatable bonds is 10. The third-order valence-corrected chi connectivity index (χ3v) is 8.38. The van der Waals surface area contributed by atoms with Crippen molar-refractivity contribution in [2.24, 2.45) is 0 Å². The van der Waals surface area contributed by atoms with Crippen molar-refractivity contribution in [1.29, 1.82) is 0 Å². The third kappa shape index (κ3) is 5.82. The van der Waals surface area contributed by atoms with E-state index in [4.69, 9.17) is 4.74 Å². The van der Waals surface area contributed by atoms with Crippen LogP contribution in [0.5, 0.6) is 23.0 Å². The van der Waals surface area contributed by atoms with Crippen molar-refractivity contribution >= 4 is 0 Å². The van der Waals surface area contributed by atoms with E-state index in [2.05, 4.69) is 31.2 Å². The molecule has 3 nitrogen and oxygen atoms in total. The molecule has 0 aliphatic carbocycles. The van der Waals surface area contributed by atoms with Crippen LogP contribution in [0.4, 0.5) is 0 Å². The second-order valence-electron chi connectivity index (χ2n) is 11.1. The topological polar surface area (TPSA) is 49.7 Å². The van der Waals surface area contributed by atoms with Crippen LogP contribution < -0.4 is 4.74 Å². The summed E-state index contributed by atoms with van der Waals surface area (Å²) in [5, 5.41) is 22.1. The van der Waals surface area contributed by atoms with E-state index >= 15 is 0 Å². The fraction of sp³-hybridized carbons (Fsp3) is 0.122. The first-order valence-electron chi connectivity index (χ1n) is 15.2. The lowest BCUT2D eigenvalue weighted by Crippen LogP contribution is -2.29. The fourth-order valence-corrected chi connectivity index (χ4v) is 6.11. The lowest BCUT2D eigenvalue weighted by molar-refractivity contribution is 0.473. The molecule has 6 aromatic rings. The maximum atomic E-state index is 11.0. The normalized spacial score (nSPS) is 11.3. The molecule has 2 N–H and O–H groups in total. The molecule has 0 unspecified atom stereocenters. The van der Waals surface area contributed by atoms with Gasteiger partial charge >= 0.3 is 0 Å². The van der Waals surface area contributed by atoms with Gasteiger partial charge in [-0.1, -0.05) is 123 Å². The predicted octanol–water partition coefficient (Wildman–Crippen LogP) is 10.7. The molecule has 0 atom stereocenters. The van der Waals surface area contributed by atoms with Gasteiger partial charge in [0.05, 0.1) is 0 Å². The summed E-state index contributed by atoms with van der Waals surface area (Å²) in [4.78, 5) is 0. The molecule has 0 aromatic heterocycles. The van der Waals surface area contributed by atoms with E-state index in [0.29, 0.717) is 0 Å². The first-order chi connectivity index (χ1) is 21.6. The van der Waals surface area contributed by atoms with Gasteiger partial charge < -0.3 is 14.9 Å². The maximum Gasteiger partial charge on any atom is 0.127 e. The number of para-hydroxylation sites is 1. The number of phenolic OH excluding ortho intramolecular Hbond substituents is 2. The van der Waals surface area contributed by atoms with Crippen molar-refractivity contribution in [2.75, 3.05) is 0 Å². The zero-order valence-electron chi connectivity index (χ0n) is 24.9. The Kier molecular flexibility index (Phi) is 8.47. The first kappa shape index (κ1) is 28.8. The van der Waals surface area contributed by atoms with Crippen LogP contribution in [0, 0.1) is 0 Å². The van der Waals surface area contributed by atoms with Crippen LogP contribution in [-0.4, -0.2) is 10.2 Å². The second-order valence-corrected chi connectivity index (χ2v) is 11.1. The summed E-state index contributed by atoms with van der Waals surface area (Å²) in [5.41, 5.74) is 6.17. The van der Waals surface area contributed by atoms with E-state index in [0.717, 1.165) is 69.7 Å². The number of benzene rings is 6. The minimum absolute atomic E-state index is 0.242. The predicted molar refractivity (Wildman–Crippen MR) is 179 cm³/mol. The Hall–Kier alpha value is -5.28. The van der Waals surface area contributed by atoms with Crippen molar-refractivity contribution in [3.8, 4) is 45.3 Å².